The molecule has 11 nitrogen and oxygen atoms in total. The molecule has 1 aliphatic heterocycles. The van der Waals surface area contributed by atoms with E-state index in [2.05, 4.69) is 53.0 Å². The van der Waals surface area contributed by atoms with E-state index in [0.29, 0.717) is 59.7 Å². The van der Waals surface area contributed by atoms with Crippen LogP contribution in [0.2, 0.25) is 10.0 Å². The first-order chi connectivity index (χ1) is 22.0. The second-order valence-corrected chi connectivity index (χ2v) is 12.3. The number of aliphatic hydroxyl groups is 1. The molecule has 2 atom stereocenters. The molecule has 244 valence electrons. The van der Waals surface area contributed by atoms with E-state index in [1.54, 1.807) is 55.5 Å². The number of carbonyl (C=O) groups excluding carboxylic acids is 2. The minimum Gasteiger partial charge on any atom is -0.490 e. The largest absolute Gasteiger partial charge is 0.490 e. The highest BCUT2D eigenvalue weighted by Crippen LogP contribution is 2.36. The van der Waals surface area contributed by atoms with Crippen molar-refractivity contribution in [2.24, 2.45) is 5.10 Å². The molecule has 4 N–H and O–H groups in total. The molecule has 15 heteroatoms. The van der Waals surface area contributed by atoms with Crippen LogP contribution in [-0.2, 0) is 16.1 Å². The summed E-state index contributed by atoms with van der Waals surface area (Å²) in [4.78, 5) is 24.6. The number of urea groups is 1. The zero-order chi connectivity index (χ0) is 33.4. The van der Waals surface area contributed by atoms with Gasteiger partial charge in [-0.3, -0.25) is 5.43 Å². The highest BCUT2D eigenvalue weighted by molar-refractivity contribution is 9.11. The van der Waals surface area contributed by atoms with Crippen molar-refractivity contribution >= 4 is 73.3 Å². The van der Waals surface area contributed by atoms with E-state index in [9.17, 15) is 14.7 Å². The predicted molar refractivity (Wildman–Crippen MR) is 182 cm³/mol. The standard InChI is InChI=1S/C31H30Br2Cl2N4O7/c1-4-44-25-11-18(28-27(30(41)43-3)16(2)37-31(42)38-28)6-8-24(25)45-15-26(40)39-36-13-17-9-21(32)29(22(33)10-17)46-14-19-5-7-20(34)12-23(19)35/h5-13,26,28,39-40H,4,14-15H2,1-3H3,(H2,37,38,42)/b36-13-/t26-,28+/m0/s1. The number of rotatable bonds is 13. The van der Waals surface area contributed by atoms with E-state index in [1.807, 2.05) is 6.92 Å². The fourth-order valence-corrected chi connectivity index (χ4v) is 6.31. The van der Waals surface area contributed by atoms with Gasteiger partial charge in [-0.25, -0.2) is 9.59 Å². The van der Waals surface area contributed by atoms with Crippen LogP contribution in [0.5, 0.6) is 17.2 Å². The highest BCUT2D eigenvalue weighted by Gasteiger charge is 2.32. The van der Waals surface area contributed by atoms with Gasteiger partial charge in [-0.15, -0.1) is 0 Å². The second kappa shape index (κ2) is 16.4. The molecule has 1 heterocycles. The third-order valence-corrected chi connectivity index (χ3v) is 8.28. The number of ether oxygens (including phenoxy) is 4. The predicted octanol–water partition coefficient (Wildman–Crippen LogP) is 6.62. The summed E-state index contributed by atoms with van der Waals surface area (Å²) in [5, 5.41) is 21.0. The van der Waals surface area contributed by atoms with Gasteiger partial charge in [0.15, 0.2) is 17.7 Å². The Hall–Kier alpha value is -3.49. The quantitative estimate of drug-likeness (QED) is 0.0656. The molecule has 0 unspecified atom stereocenters. The topological polar surface area (TPSA) is 140 Å². The number of methoxy groups -OCH3 is 1. The number of hydrogen-bond donors (Lipinski definition) is 4. The van der Waals surface area contributed by atoms with Crippen LogP contribution in [0.3, 0.4) is 0 Å². The Morgan fingerprint density at radius 3 is 2.50 bits per heavy atom. The third kappa shape index (κ3) is 9.07. The van der Waals surface area contributed by atoms with Crippen LogP contribution in [0.15, 0.2) is 73.8 Å². The number of aliphatic hydroxyl groups excluding tert-OH is 1. The number of allylic oxidation sites excluding steroid dienone is 1. The summed E-state index contributed by atoms with van der Waals surface area (Å²) in [6, 6.07) is 12.6. The number of amides is 2. The Balaban J connectivity index is 1.37. The molecule has 1 aliphatic rings. The number of benzene rings is 3. The smallest absolute Gasteiger partial charge is 0.337 e. The Kier molecular flexibility index (Phi) is 12.6. The Morgan fingerprint density at radius 1 is 1.09 bits per heavy atom. The number of hydrazone groups is 1. The Bertz CT molecular complexity index is 1650. The molecular formula is C31H30Br2Cl2N4O7. The molecular weight excluding hydrogens is 771 g/mol. The van der Waals surface area contributed by atoms with Gasteiger partial charge in [-0.05, 0) is 93.2 Å². The number of carbonyl (C=O) groups is 2. The molecule has 0 bridgehead atoms. The number of nitrogens with zero attached hydrogens (tertiary/aromatic N) is 1. The lowest BCUT2D eigenvalue weighted by Crippen LogP contribution is -2.45. The summed E-state index contributed by atoms with van der Waals surface area (Å²) >= 11 is 19.3. The second-order valence-electron chi connectivity index (χ2n) is 9.75. The zero-order valence-electron chi connectivity index (χ0n) is 24.8. The fourth-order valence-electron chi connectivity index (χ4n) is 4.40. The van der Waals surface area contributed by atoms with Gasteiger partial charge in [0, 0.05) is 21.3 Å². The van der Waals surface area contributed by atoms with Crippen LogP contribution in [-0.4, -0.2) is 49.9 Å². The molecule has 4 rings (SSSR count). The SMILES string of the molecule is CCOc1cc([C@H]2NC(=O)NC(C)=C2C(=O)OC)ccc1OC[C@H](O)N/N=C\c1cc(Br)c(OCc2ccc(Cl)cc2Cl)c(Br)c1. The number of hydrogen-bond acceptors (Lipinski definition) is 9. The van der Waals surface area contributed by atoms with E-state index >= 15 is 0 Å². The van der Waals surface area contributed by atoms with E-state index in [-0.39, 0.29) is 18.8 Å². The van der Waals surface area contributed by atoms with Gasteiger partial charge in [-0.1, -0.05) is 35.3 Å². The molecule has 3 aromatic rings. The molecule has 0 spiro atoms. The van der Waals surface area contributed by atoms with Crippen molar-refractivity contribution in [2.45, 2.75) is 32.7 Å². The van der Waals surface area contributed by atoms with Crippen LogP contribution in [0.1, 0.15) is 36.6 Å². The van der Waals surface area contributed by atoms with Crippen molar-refractivity contribution in [3.05, 3.63) is 95.5 Å². The summed E-state index contributed by atoms with van der Waals surface area (Å²) in [7, 11) is 1.27. The molecule has 0 saturated heterocycles. The Morgan fingerprint density at radius 2 is 1.83 bits per heavy atom. The number of esters is 1. The molecule has 3 aromatic carbocycles. The van der Waals surface area contributed by atoms with E-state index in [1.165, 1.54) is 13.3 Å². The third-order valence-electron chi connectivity index (χ3n) is 6.52. The summed E-state index contributed by atoms with van der Waals surface area (Å²) in [5.41, 5.74) is 5.35. The maximum Gasteiger partial charge on any atom is 0.337 e. The van der Waals surface area contributed by atoms with Crippen LogP contribution >= 0.6 is 55.1 Å². The van der Waals surface area contributed by atoms with Crippen molar-refractivity contribution in [3.8, 4) is 17.2 Å². The van der Waals surface area contributed by atoms with Gasteiger partial charge in [0.1, 0.15) is 19.0 Å². The minimum absolute atomic E-state index is 0.166. The van der Waals surface area contributed by atoms with E-state index in [4.69, 9.17) is 42.1 Å². The van der Waals surface area contributed by atoms with Crippen LogP contribution in [0.25, 0.3) is 0 Å². The first-order valence-electron chi connectivity index (χ1n) is 13.8. The van der Waals surface area contributed by atoms with Gasteiger partial charge >= 0.3 is 12.0 Å². The van der Waals surface area contributed by atoms with Gasteiger partial charge in [0.25, 0.3) is 0 Å². The summed E-state index contributed by atoms with van der Waals surface area (Å²) in [6.45, 7) is 3.83. The molecule has 0 radical (unpaired) electrons. The van der Waals surface area contributed by atoms with Crippen LogP contribution in [0.4, 0.5) is 4.79 Å². The monoisotopic (exact) mass is 798 g/mol. The maximum absolute atomic E-state index is 12.5. The fraction of sp³-hybridized carbons (Fsp3) is 0.258. The maximum atomic E-state index is 12.5. The van der Waals surface area contributed by atoms with Gasteiger partial charge < -0.3 is 34.7 Å². The van der Waals surface area contributed by atoms with Crippen LogP contribution in [0, 0.1) is 0 Å². The van der Waals surface area contributed by atoms with Crippen molar-refractivity contribution in [1.82, 2.24) is 16.1 Å². The molecule has 46 heavy (non-hydrogen) atoms. The van der Waals surface area contributed by atoms with Gasteiger partial charge in [-0.2, -0.15) is 5.10 Å². The average molecular weight is 801 g/mol. The summed E-state index contributed by atoms with van der Waals surface area (Å²) in [5.74, 6) is 0.711. The first kappa shape index (κ1) is 35.4. The van der Waals surface area contributed by atoms with Gasteiger partial charge in [0.05, 0.1) is 40.5 Å². The van der Waals surface area contributed by atoms with Crippen molar-refractivity contribution in [2.75, 3.05) is 20.3 Å². The van der Waals surface area contributed by atoms with E-state index in [0.717, 1.165) is 5.56 Å². The van der Waals surface area contributed by atoms with E-state index < -0.39 is 24.3 Å². The first-order valence-corrected chi connectivity index (χ1v) is 16.1. The molecule has 2 amide bonds. The van der Waals surface area contributed by atoms with Gasteiger partial charge in [0.2, 0.25) is 0 Å². The molecule has 0 saturated carbocycles. The average Bonchev–Trinajstić information content (AvgIpc) is 3.00. The van der Waals surface area contributed by atoms with Crippen LogP contribution < -0.4 is 30.3 Å². The highest BCUT2D eigenvalue weighted by atomic mass is 79.9. The van der Waals surface area contributed by atoms with Crippen molar-refractivity contribution in [1.29, 1.82) is 0 Å². The zero-order valence-corrected chi connectivity index (χ0v) is 29.5. The van der Waals surface area contributed by atoms with Crippen molar-refractivity contribution < 1.29 is 33.6 Å². The normalized spacial score (nSPS) is 15.2. The summed E-state index contributed by atoms with van der Waals surface area (Å²) in [6.07, 6.45) is 0.366. The van der Waals surface area contributed by atoms with Crippen molar-refractivity contribution in [3.63, 3.8) is 0 Å². The lowest BCUT2D eigenvalue weighted by atomic mass is 9.95. The molecule has 0 aromatic heterocycles. The number of halogens is 4. The molecule has 0 fully saturated rings. The molecule has 0 aliphatic carbocycles. The number of nitrogens with one attached hydrogen (secondary N) is 3. The lowest BCUT2D eigenvalue weighted by molar-refractivity contribution is -0.136. The minimum atomic E-state index is -1.16. The summed E-state index contributed by atoms with van der Waals surface area (Å²) < 4.78 is 23.8. The Labute approximate surface area is 292 Å². The lowest BCUT2D eigenvalue weighted by Gasteiger charge is -2.28.